The highest BCUT2D eigenvalue weighted by Crippen LogP contribution is 2.29. The highest BCUT2D eigenvalue weighted by molar-refractivity contribution is 5.42. The first-order valence-electron chi connectivity index (χ1n) is 6.57. The van der Waals surface area contributed by atoms with Crippen LogP contribution in [0.5, 0.6) is 11.5 Å². The lowest BCUT2D eigenvalue weighted by Gasteiger charge is -2.11. The van der Waals surface area contributed by atoms with Gasteiger partial charge in [-0.3, -0.25) is 0 Å². The fourth-order valence-electron chi connectivity index (χ4n) is 1.67. The molecule has 6 nitrogen and oxygen atoms in total. The SMILES string of the molecule is CCOc1cc(CO)ccc1OCc1noc(CC)n1. The first-order valence-corrected chi connectivity index (χ1v) is 6.57. The molecule has 0 spiro atoms. The lowest BCUT2D eigenvalue weighted by atomic mass is 10.2. The van der Waals surface area contributed by atoms with Crippen LogP contribution >= 0.6 is 0 Å². The van der Waals surface area contributed by atoms with E-state index in [9.17, 15) is 0 Å². The van der Waals surface area contributed by atoms with Crippen LogP contribution in [0.15, 0.2) is 22.7 Å². The number of aryl methyl sites for hydroxylation is 1. The van der Waals surface area contributed by atoms with Gasteiger partial charge >= 0.3 is 0 Å². The highest BCUT2D eigenvalue weighted by Gasteiger charge is 2.09. The number of aliphatic hydroxyl groups is 1. The molecule has 0 aliphatic carbocycles. The third-order valence-electron chi connectivity index (χ3n) is 2.66. The van der Waals surface area contributed by atoms with Gasteiger partial charge in [0.25, 0.3) is 0 Å². The molecule has 0 bridgehead atoms. The first-order chi connectivity index (χ1) is 9.76. The van der Waals surface area contributed by atoms with Gasteiger partial charge in [-0.05, 0) is 24.6 Å². The Hall–Kier alpha value is -2.08. The minimum absolute atomic E-state index is 0.0367. The van der Waals surface area contributed by atoms with Crippen molar-refractivity contribution in [3.05, 3.63) is 35.5 Å². The monoisotopic (exact) mass is 278 g/mol. The fraction of sp³-hybridized carbons (Fsp3) is 0.429. The van der Waals surface area contributed by atoms with Gasteiger partial charge in [0.15, 0.2) is 18.1 Å². The van der Waals surface area contributed by atoms with Gasteiger partial charge in [-0.2, -0.15) is 4.98 Å². The van der Waals surface area contributed by atoms with Crippen molar-refractivity contribution < 1.29 is 19.1 Å². The Morgan fingerprint density at radius 3 is 2.70 bits per heavy atom. The van der Waals surface area contributed by atoms with Crippen LogP contribution in [0.3, 0.4) is 0 Å². The van der Waals surface area contributed by atoms with Crippen LogP contribution in [0.25, 0.3) is 0 Å². The van der Waals surface area contributed by atoms with Crippen LogP contribution in [0, 0.1) is 0 Å². The number of benzene rings is 1. The molecule has 2 rings (SSSR count). The molecule has 1 aromatic carbocycles. The maximum atomic E-state index is 9.13. The van der Waals surface area contributed by atoms with Crippen LogP contribution in [-0.2, 0) is 19.6 Å². The van der Waals surface area contributed by atoms with E-state index in [0.717, 1.165) is 5.56 Å². The average Bonchev–Trinajstić information content (AvgIpc) is 2.94. The minimum Gasteiger partial charge on any atom is -0.490 e. The summed E-state index contributed by atoms with van der Waals surface area (Å²) >= 11 is 0. The maximum Gasteiger partial charge on any atom is 0.226 e. The van der Waals surface area contributed by atoms with Gasteiger partial charge in [-0.1, -0.05) is 18.1 Å². The maximum absolute atomic E-state index is 9.13. The van der Waals surface area contributed by atoms with Crippen molar-refractivity contribution in [1.29, 1.82) is 0 Å². The van der Waals surface area contributed by atoms with Gasteiger partial charge in [-0.15, -0.1) is 0 Å². The lowest BCUT2D eigenvalue weighted by molar-refractivity contribution is 0.255. The molecule has 1 aromatic heterocycles. The summed E-state index contributed by atoms with van der Waals surface area (Å²) in [6.45, 7) is 4.53. The van der Waals surface area contributed by atoms with Crippen molar-refractivity contribution in [2.24, 2.45) is 0 Å². The average molecular weight is 278 g/mol. The molecule has 20 heavy (non-hydrogen) atoms. The van der Waals surface area contributed by atoms with Crippen LogP contribution in [-0.4, -0.2) is 21.9 Å². The molecule has 0 saturated heterocycles. The number of hydrogen-bond donors (Lipinski definition) is 1. The lowest BCUT2D eigenvalue weighted by Crippen LogP contribution is -2.01. The van der Waals surface area contributed by atoms with E-state index in [-0.39, 0.29) is 13.2 Å². The molecule has 0 radical (unpaired) electrons. The van der Waals surface area contributed by atoms with Gasteiger partial charge in [-0.25, -0.2) is 0 Å². The fourth-order valence-corrected chi connectivity index (χ4v) is 1.67. The van der Waals surface area contributed by atoms with Gasteiger partial charge < -0.3 is 19.1 Å². The topological polar surface area (TPSA) is 77.6 Å². The number of nitrogens with zero attached hydrogens (tertiary/aromatic N) is 2. The van der Waals surface area contributed by atoms with Crippen molar-refractivity contribution in [2.45, 2.75) is 33.5 Å². The molecule has 1 N–H and O–H groups in total. The van der Waals surface area contributed by atoms with Gasteiger partial charge in [0, 0.05) is 6.42 Å². The second-order valence-corrected chi connectivity index (χ2v) is 4.12. The van der Waals surface area contributed by atoms with Crippen LogP contribution in [0.2, 0.25) is 0 Å². The van der Waals surface area contributed by atoms with E-state index in [2.05, 4.69) is 10.1 Å². The highest BCUT2D eigenvalue weighted by atomic mass is 16.5. The van der Waals surface area contributed by atoms with E-state index in [0.29, 0.717) is 36.2 Å². The smallest absolute Gasteiger partial charge is 0.226 e. The van der Waals surface area contributed by atoms with Crippen molar-refractivity contribution in [1.82, 2.24) is 10.1 Å². The molecule has 0 amide bonds. The van der Waals surface area contributed by atoms with Crippen molar-refractivity contribution in [2.75, 3.05) is 6.61 Å². The number of hydrogen-bond acceptors (Lipinski definition) is 6. The largest absolute Gasteiger partial charge is 0.490 e. The summed E-state index contributed by atoms with van der Waals surface area (Å²) < 4.78 is 16.1. The van der Waals surface area contributed by atoms with Crippen LogP contribution in [0.4, 0.5) is 0 Å². The Labute approximate surface area is 117 Å². The van der Waals surface area contributed by atoms with Gasteiger partial charge in [0.1, 0.15) is 0 Å². The number of aromatic nitrogens is 2. The van der Waals surface area contributed by atoms with E-state index in [1.807, 2.05) is 13.8 Å². The molecular weight excluding hydrogens is 260 g/mol. The molecule has 1 heterocycles. The standard InChI is InChI=1S/C14H18N2O4/c1-3-14-15-13(16-20-14)9-19-11-6-5-10(8-17)7-12(11)18-4-2/h5-7,17H,3-4,8-9H2,1-2H3. The van der Waals surface area contributed by atoms with Crippen molar-refractivity contribution in [3.63, 3.8) is 0 Å². The van der Waals surface area contributed by atoms with E-state index in [1.165, 1.54) is 0 Å². The molecule has 0 aliphatic rings. The molecule has 0 atom stereocenters. The summed E-state index contributed by atoms with van der Waals surface area (Å²) in [5, 5.41) is 12.9. The second-order valence-electron chi connectivity index (χ2n) is 4.12. The molecular formula is C14H18N2O4. The van der Waals surface area contributed by atoms with Gasteiger partial charge in [0.05, 0.1) is 13.2 Å². The summed E-state index contributed by atoms with van der Waals surface area (Å²) in [6.07, 6.45) is 0.697. The normalized spacial score (nSPS) is 10.6. The first kappa shape index (κ1) is 14.3. The van der Waals surface area contributed by atoms with Gasteiger partial charge in [0.2, 0.25) is 11.7 Å². The molecule has 0 aliphatic heterocycles. The van der Waals surface area contributed by atoms with E-state index in [4.69, 9.17) is 19.1 Å². The van der Waals surface area contributed by atoms with E-state index >= 15 is 0 Å². The number of ether oxygens (including phenoxy) is 2. The Morgan fingerprint density at radius 1 is 1.20 bits per heavy atom. The van der Waals surface area contributed by atoms with E-state index < -0.39 is 0 Å². The zero-order valence-corrected chi connectivity index (χ0v) is 11.6. The number of aliphatic hydroxyl groups excluding tert-OH is 1. The molecule has 0 unspecified atom stereocenters. The molecule has 0 saturated carbocycles. The molecule has 108 valence electrons. The second kappa shape index (κ2) is 6.91. The number of rotatable bonds is 7. The zero-order valence-electron chi connectivity index (χ0n) is 11.6. The zero-order chi connectivity index (χ0) is 14.4. The Morgan fingerprint density at radius 2 is 2.05 bits per heavy atom. The summed E-state index contributed by atoms with van der Waals surface area (Å²) in [7, 11) is 0. The molecule has 2 aromatic rings. The summed E-state index contributed by atoms with van der Waals surface area (Å²) in [5.41, 5.74) is 0.772. The third kappa shape index (κ3) is 3.48. The van der Waals surface area contributed by atoms with Crippen molar-refractivity contribution in [3.8, 4) is 11.5 Å². The quantitative estimate of drug-likeness (QED) is 0.835. The summed E-state index contributed by atoms with van der Waals surface area (Å²) in [6, 6.07) is 5.30. The predicted octanol–water partition coefficient (Wildman–Crippen LogP) is 2.10. The molecule has 0 fully saturated rings. The third-order valence-corrected chi connectivity index (χ3v) is 2.66. The molecule has 6 heteroatoms. The Bertz CT molecular complexity index is 554. The van der Waals surface area contributed by atoms with E-state index in [1.54, 1.807) is 18.2 Å². The Balaban J connectivity index is 2.07. The summed E-state index contributed by atoms with van der Waals surface area (Å²) in [5.74, 6) is 2.27. The van der Waals surface area contributed by atoms with Crippen molar-refractivity contribution >= 4 is 0 Å². The Kier molecular flexibility index (Phi) is 4.95. The van der Waals surface area contributed by atoms with Crippen LogP contribution < -0.4 is 9.47 Å². The van der Waals surface area contributed by atoms with Crippen LogP contribution in [0.1, 0.15) is 31.1 Å². The minimum atomic E-state index is -0.0367. The predicted molar refractivity (Wildman–Crippen MR) is 71.5 cm³/mol. The summed E-state index contributed by atoms with van der Waals surface area (Å²) in [4.78, 5) is 4.17.